The van der Waals surface area contributed by atoms with Crippen molar-refractivity contribution in [2.75, 3.05) is 17.3 Å². The number of hydrogen-bond acceptors (Lipinski definition) is 4. The number of phenolic OH excluding ortho intramolecular Hbond substituents is 1. The van der Waals surface area contributed by atoms with E-state index in [1.807, 2.05) is 0 Å². The van der Waals surface area contributed by atoms with Gasteiger partial charge < -0.3 is 10.4 Å². The van der Waals surface area contributed by atoms with E-state index in [1.165, 1.54) is 12.1 Å². The first kappa shape index (κ1) is 13.5. The summed E-state index contributed by atoms with van der Waals surface area (Å²) in [5, 5.41) is 11.7. The number of rotatable bonds is 5. The molecule has 0 bridgehead atoms. The molecule has 0 aliphatic carbocycles. The van der Waals surface area contributed by atoms with Crippen LogP contribution in [0.15, 0.2) is 24.3 Å². The number of sulfone groups is 1. The highest BCUT2D eigenvalue weighted by molar-refractivity contribution is 7.90. The van der Waals surface area contributed by atoms with Gasteiger partial charge in [0.15, 0.2) is 0 Å². The second kappa shape index (κ2) is 5.67. The number of amides is 1. The van der Waals surface area contributed by atoms with Crippen LogP contribution in [-0.2, 0) is 14.6 Å². The lowest BCUT2D eigenvalue weighted by Gasteiger charge is -2.04. The minimum Gasteiger partial charge on any atom is -0.508 e. The standard InChI is InChI=1S/C11H15NO4S/c1-17(15,16)8-2-3-11(14)12-9-4-6-10(13)7-5-9/h4-7,13H,2-3,8H2,1H3,(H,12,14). The molecule has 0 atom stereocenters. The molecule has 1 amide bonds. The fourth-order valence-corrected chi connectivity index (χ4v) is 1.93. The number of benzene rings is 1. The van der Waals surface area contributed by atoms with Crippen LogP contribution in [0, 0.1) is 0 Å². The van der Waals surface area contributed by atoms with Crippen LogP contribution in [0.3, 0.4) is 0 Å². The van der Waals surface area contributed by atoms with Gasteiger partial charge in [-0.3, -0.25) is 4.79 Å². The van der Waals surface area contributed by atoms with E-state index >= 15 is 0 Å². The van der Waals surface area contributed by atoms with Crippen LogP contribution in [-0.4, -0.2) is 31.4 Å². The van der Waals surface area contributed by atoms with Crippen molar-refractivity contribution in [1.82, 2.24) is 0 Å². The Kier molecular flexibility index (Phi) is 4.51. The number of nitrogens with one attached hydrogen (secondary N) is 1. The minimum atomic E-state index is -3.01. The molecule has 0 aromatic heterocycles. The van der Waals surface area contributed by atoms with Gasteiger partial charge in [-0.2, -0.15) is 0 Å². The van der Waals surface area contributed by atoms with Gasteiger partial charge in [-0.1, -0.05) is 0 Å². The molecule has 1 aromatic carbocycles. The molecule has 94 valence electrons. The lowest BCUT2D eigenvalue weighted by molar-refractivity contribution is -0.116. The third-order valence-electron chi connectivity index (χ3n) is 2.07. The molecule has 0 aliphatic heterocycles. The lowest BCUT2D eigenvalue weighted by atomic mass is 10.2. The van der Waals surface area contributed by atoms with Gasteiger partial charge in [0.25, 0.3) is 0 Å². The van der Waals surface area contributed by atoms with Crippen LogP contribution in [0.1, 0.15) is 12.8 Å². The number of anilines is 1. The Morgan fingerprint density at radius 1 is 1.29 bits per heavy atom. The first-order valence-corrected chi connectivity index (χ1v) is 7.19. The summed E-state index contributed by atoms with van der Waals surface area (Å²) in [6, 6.07) is 6.08. The smallest absolute Gasteiger partial charge is 0.224 e. The quantitative estimate of drug-likeness (QED) is 0.775. The topological polar surface area (TPSA) is 83.5 Å². The summed E-state index contributed by atoms with van der Waals surface area (Å²) >= 11 is 0. The van der Waals surface area contributed by atoms with E-state index in [4.69, 9.17) is 5.11 Å². The van der Waals surface area contributed by atoms with E-state index in [9.17, 15) is 13.2 Å². The predicted molar refractivity (Wildman–Crippen MR) is 65.7 cm³/mol. The third kappa shape index (κ3) is 5.91. The van der Waals surface area contributed by atoms with Crippen LogP contribution in [0.5, 0.6) is 5.75 Å². The van der Waals surface area contributed by atoms with Crippen LogP contribution in [0.2, 0.25) is 0 Å². The molecular formula is C11H15NO4S. The monoisotopic (exact) mass is 257 g/mol. The normalized spacial score (nSPS) is 11.1. The summed E-state index contributed by atoms with van der Waals surface area (Å²) in [4.78, 5) is 11.4. The molecule has 5 nitrogen and oxygen atoms in total. The lowest BCUT2D eigenvalue weighted by Crippen LogP contribution is -2.13. The van der Waals surface area contributed by atoms with Gasteiger partial charge in [0.2, 0.25) is 5.91 Å². The number of hydrogen-bond donors (Lipinski definition) is 2. The average molecular weight is 257 g/mol. The number of carbonyl (C=O) groups excluding carboxylic acids is 1. The molecule has 0 spiro atoms. The second-order valence-corrected chi connectivity index (χ2v) is 6.09. The fourth-order valence-electron chi connectivity index (χ4n) is 1.26. The fraction of sp³-hybridized carbons (Fsp3) is 0.364. The maximum atomic E-state index is 11.4. The predicted octanol–water partition coefficient (Wildman–Crippen LogP) is 1.16. The van der Waals surface area contributed by atoms with E-state index < -0.39 is 9.84 Å². The van der Waals surface area contributed by atoms with E-state index in [1.54, 1.807) is 12.1 Å². The third-order valence-corrected chi connectivity index (χ3v) is 3.10. The van der Waals surface area contributed by atoms with Gasteiger partial charge in [0.05, 0.1) is 5.75 Å². The molecule has 0 unspecified atom stereocenters. The van der Waals surface area contributed by atoms with Gasteiger partial charge in [-0.25, -0.2) is 8.42 Å². The second-order valence-electron chi connectivity index (χ2n) is 3.83. The van der Waals surface area contributed by atoms with Crippen molar-refractivity contribution in [3.63, 3.8) is 0 Å². The van der Waals surface area contributed by atoms with Crippen molar-refractivity contribution in [3.8, 4) is 5.75 Å². The van der Waals surface area contributed by atoms with Crippen molar-refractivity contribution in [3.05, 3.63) is 24.3 Å². The Morgan fingerprint density at radius 2 is 1.88 bits per heavy atom. The minimum absolute atomic E-state index is 0.00992. The van der Waals surface area contributed by atoms with Crippen molar-refractivity contribution < 1.29 is 18.3 Å². The summed E-state index contributed by atoms with van der Waals surface area (Å²) in [5.41, 5.74) is 0.576. The molecule has 0 radical (unpaired) electrons. The molecule has 0 fully saturated rings. The van der Waals surface area contributed by atoms with Gasteiger partial charge in [-0.05, 0) is 30.7 Å². The van der Waals surface area contributed by atoms with Crippen LogP contribution in [0.25, 0.3) is 0 Å². The maximum absolute atomic E-state index is 11.4. The Morgan fingerprint density at radius 3 is 2.41 bits per heavy atom. The van der Waals surface area contributed by atoms with Crippen molar-refractivity contribution in [1.29, 1.82) is 0 Å². The zero-order chi connectivity index (χ0) is 12.9. The molecule has 6 heteroatoms. The molecule has 0 heterocycles. The van der Waals surface area contributed by atoms with Crippen molar-refractivity contribution >= 4 is 21.4 Å². The van der Waals surface area contributed by atoms with E-state index in [-0.39, 0.29) is 23.8 Å². The van der Waals surface area contributed by atoms with Gasteiger partial charge >= 0.3 is 0 Å². The van der Waals surface area contributed by atoms with E-state index in [0.29, 0.717) is 12.1 Å². The highest BCUT2D eigenvalue weighted by Gasteiger charge is 2.06. The molecular weight excluding hydrogens is 242 g/mol. The van der Waals surface area contributed by atoms with Gasteiger partial charge in [0.1, 0.15) is 15.6 Å². The first-order chi connectivity index (χ1) is 7.87. The molecule has 1 aromatic rings. The number of aromatic hydroxyl groups is 1. The Balaban J connectivity index is 2.37. The van der Waals surface area contributed by atoms with E-state index in [2.05, 4.69) is 5.32 Å². The van der Waals surface area contributed by atoms with Crippen molar-refractivity contribution in [2.45, 2.75) is 12.8 Å². The molecule has 0 aliphatic rings. The summed E-state index contributed by atoms with van der Waals surface area (Å²) in [6.07, 6.45) is 1.61. The molecule has 0 saturated heterocycles. The number of phenols is 1. The zero-order valence-electron chi connectivity index (χ0n) is 9.51. The summed E-state index contributed by atoms with van der Waals surface area (Å²) < 4.78 is 21.7. The molecule has 17 heavy (non-hydrogen) atoms. The molecule has 1 rings (SSSR count). The zero-order valence-corrected chi connectivity index (χ0v) is 10.3. The average Bonchev–Trinajstić information content (AvgIpc) is 2.19. The van der Waals surface area contributed by atoms with Crippen LogP contribution >= 0.6 is 0 Å². The van der Waals surface area contributed by atoms with E-state index in [0.717, 1.165) is 6.26 Å². The first-order valence-electron chi connectivity index (χ1n) is 5.13. The Bertz CT molecular complexity index is 479. The summed E-state index contributed by atoms with van der Waals surface area (Å²) in [7, 11) is -3.01. The maximum Gasteiger partial charge on any atom is 0.224 e. The SMILES string of the molecule is CS(=O)(=O)CCCC(=O)Nc1ccc(O)cc1. The summed E-state index contributed by atoms with van der Waals surface area (Å²) in [6.45, 7) is 0. The van der Waals surface area contributed by atoms with Crippen LogP contribution < -0.4 is 5.32 Å². The van der Waals surface area contributed by atoms with Gasteiger partial charge in [0, 0.05) is 18.4 Å². The highest BCUT2D eigenvalue weighted by atomic mass is 32.2. The van der Waals surface area contributed by atoms with Crippen molar-refractivity contribution in [2.24, 2.45) is 0 Å². The summed E-state index contributed by atoms with van der Waals surface area (Å²) in [5.74, 6) is -0.102. The van der Waals surface area contributed by atoms with Crippen LogP contribution in [0.4, 0.5) is 5.69 Å². The highest BCUT2D eigenvalue weighted by Crippen LogP contribution is 2.13. The largest absolute Gasteiger partial charge is 0.508 e. The van der Waals surface area contributed by atoms with Gasteiger partial charge in [-0.15, -0.1) is 0 Å². The molecule has 0 saturated carbocycles. The molecule has 2 N–H and O–H groups in total. The Labute approximate surface area is 100 Å². The number of carbonyl (C=O) groups is 1. The Hall–Kier alpha value is -1.56.